The van der Waals surface area contributed by atoms with E-state index in [0.29, 0.717) is 18.8 Å². The van der Waals surface area contributed by atoms with Crippen LogP contribution < -0.4 is 10.1 Å². The fraction of sp³-hybridized carbons (Fsp3) is 0.529. The number of methoxy groups -OCH3 is 1. The van der Waals surface area contributed by atoms with Crippen LogP contribution in [0.3, 0.4) is 0 Å². The van der Waals surface area contributed by atoms with Gasteiger partial charge in [0.2, 0.25) is 5.91 Å². The first-order valence-corrected chi connectivity index (χ1v) is 7.72. The first-order valence-electron chi connectivity index (χ1n) is 7.72. The lowest BCUT2D eigenvalue weighted by molar-refractivity contribution is -0.142. The average Bonchev–Trinajstić information content (AvgIpc) is 3.32. The van der Waals surface area contributed by atoms with Gasteiger partial charge in [0.25, 0.3) is 0 Å². The molecule has 0 aromatic heterocycles. The third-order valence-electron chi connectivity index (χ3n) is 4.12. The summed E-state index contributed by atoms with van der Waals surface area (Å²) in [4.78, 5) is 23.7. The zero-order valence-electron chi connectivity index (χ0n) is 13.0. The first-order chi connectivity index (χ1) is 10.5. The molecular formula is C17H23NO4. The van der Waals surface area contributed by atoms with Crippen molar-refractivity contribution in [3.8, 4) is 5.75 Å². The predicted molar refractivity (Wildman–Crippen MR) is 82.9 cm³/mol. The number of carboxylic acids is 1. The Morgan fingerprint density at radius 2 is 1.95 bits per heavy atom. The van der Waals surface area contributed by atoms with Gasteiger partial charge in [-0.3, -0.25) is 4.79 Å². The molecule has 1 amide bonds. The SMILES string of the molecule is CCC(C(=O)NC(CC1CC1)C(=O)O)c1ccc(OC)cc1. The normalized spacial score (nSPS) is 16.6. The van der Waals surface area contributed by atoms with E-state index >= 15 is 0 Å². The van der Waals surface area contributed by atoms with Crippen molar-refractivity contribution in [2.75, 3.05) is 7.11 Å². The Morgan fingerprint density at radius 1 is 1.32 bits per heavy atom. The number of nitrogens with one attached hydrogen (secondary N) is 1. The van der Waals surface area contributed by atoms with Crippen LogP contribution in [0.15, 0.2) is 24.3 Å². The number of ether oxygens (including phenoxy) is 1. The lowest BCUT2D eigenvalue weighted by Crippen LogP contribution is -2.43. The molecule has 1 aromatic rings. The van der Waals surface area contributed by atoms with Gasteiger partial charge in [0, 0.05) is 0 Å². The number of amides is 1. The van der Waals surface area contributed by atoms with E-state index in [1.165, 1.54) is 0 Å². The van der Waals surface area contributed by atoms with Crippen molar-refractivity contribution in [3.63, 3.8) is 0 Å². The standard InChI is InChI=1S/C17H23NO4/c1-3-14(12-6-8-13(22-2)9-7-12)16(19)18-15(17(20)21)10-11-4-5-11/h6-9,11,14-15H,3-5,10H2,1-2H3,(H,18,19)(H,20,21). The molecule has 0 spiro atoms. The Bertz CT molecular complexity index is 522. The topological polar surface area (TPSA) is 75.6 Å². The smallest absolute Gasteiger partial charge is 0.326 e. The Hall–Kier alpha value is -2.04. The molecule has 0 aliphatic heterocycles. The Morgan fingerprint density at radius 3 is 2.41 bits per heavy atom. The van der Waals surface area contributed by atoms with Crippen LogP contribution in [0.5, 0.6) is 5.75 Å². The van der Waals surface area contributed by atoms with Gasteiger partial charge in [-0.2, -0.15) is 0 Å². The van der Waals surface area contributed by atoms with Crippen LogP contribution in [-0.2, 0) is 9.59 Å². The van der Waals surface area contributed by atoms with Crippen LogP contribution in [0.25, 0.3) is 0 Å². The number of carboxylic acid groups (broad SMARTS) is 1. The maximum Gasteiger partial charge on any atom is 0.326 e. The maximum absolute atomic E-state index is 12.4. The highest BCUT2D eigenvalue weighted by molar-refractivity contribution is 5.88. The van der Waals surface area contributed by atoms with E-state index in [-0.39, 0.29) is 11.8 Å². The quantitative estimate of drug-likeness (QED) is 0.774. The van der Waals surface area contributed by atoms with Gasteiger partial charge in [-0.25, -0.2) is 4.79 Å². The monoisotopic (exact) mass is 305 g/mol. The minimum absolute atomic E-state index is 0.222. The van der Waals surface area contributed by atoms with Crippen molar-refractivity contribution in [1.29, 1.82) is 0 Å². The number of aliphatic carboxylic acids is 1. The molecule has 22 heavy (non-hydrogen) atoms. The van der Waals surface area contributed by atoms with E-state index in [9.17, 15) is 14.7 Å². The van der Waals surface area contributed by atoms with E-state index in [4.69, 9.17) is 4.74 Å². The van der Waals surface area contributed by atoms with Gasteiger partial charge in [-0.1, -0.05) is 31.9 Å². The lowest BCUT2D eigenvalue weighted by Gasteiger charge is -2.20. The van der Waals surface area contributed by atoms with E-state index in [0.717, 1.165) is 24.2 Å². The van der Waals surface area contributed by atoms with Crippen molar-refractivity contribution in [1.82, 2.24) is 5.32 Å². The molecule has 1 fully saturated rings. The van der Waals surface area contributed by atoms with Gasteiger partial charge < -0.3 is 15.2 Å². The van der Waals surface area contributed by atoms with Crippen molar-refractivity contribution >= 4 is 11.9 Å². The summed E-state index contributed by atoms with van der Waals surface area (Å²) in [6.45, 7) is 1.92. The van der Waals surface area contributed by atoms with Crippen molar-refractivity contribution in [3.05, 3.63) is 29.8 Å². The molecule has 0 heterocycles. The molecule has 1 aliphatic carbocycles. The number of rotatable bonds is 8. The van der Waals surface area contributed by atoms with Crippen LogP contribution >= 0.6 is 0 Å². The van der Waals surface area contributed by atoms with Gasteiger partial charge in [-0.15, -0.1) is 0 Å². The number of carbonyl (C=O) groups excluding carboxylic acids is 1. The summed E-state index contributed by atoms with van der Waals surface area (Å²) in [5.41, 5.74) is 0.872. The van der Waals surface area contributed by atoms with Crippen molar-refractivity contribution < 1.29 is 19.4 Å². The minimum Gasteiger partial charge on any atom is -0.497 e. The summed E-state index contributed by atoms with van der Waals surface area (Å²) in [5, 5.41) is 12.0. The van der Waals surface area contributed by atoms with Gasteiger partial charge in [0.1, 0.15) is 11.8 Å². The second kappa shape index (κ2) is 7.29. The molecule has 120 valence electrons. The molecule has 1 aliphatic rings. The molecule has 2 N–H and O–H groups in total. The summed E-state index contributed by atoms with van der Waals surface area (Å²) in [6.07, 6.45) is 3.28. The number of hydrogen-bond acceptors (Lipinski definition) is 3. The molecule has 2 atom stereocenters. The Kier molecular flexibility index (Phi) is 5.41. The maximum atomic E-state index is 12.4. The molecule has 5 heteroatoms. The zero-order valence-corrected chi connectivity index (χ0v) is 13.0. The van der Waals surface area contributed by atoms with E-state index < -0.39 is 12.0 Å². The third kappa shape index (κ3) is 4.23. The Balaban J connectivity index is 2.04. The summed E-state index contributed by atoms with van der Waals surface area (Å²) in [6, 6.07) is 6.54. The Labute approximate surface area is 130 Å². The molecular weight excluding hydrogens is 282 g/mol. The molecule has 1 saturated carbocycles. The minimum atomic E-state index is -0.954. The van der Waals surface area contributed by atoms with Gasteiger partial charge in [-0.05, 0) is 36.5 Å². The predicted octanol–water partition coefficient (Wildman–Crippen LogP) is 2.56. The number of hydrogen-bond donors (Lipinski definition) is 2. The van der Waals surface area contributed by atoms with E-state index in [1.54, 1.807) is 7.11 Å². The van der Waals surface area contributed by atoms with Gasteiger partial charge in [0.05, 0.1) is 13.0 Å². The fourth-order valence-corrected chi connectivity index (χ4v) is 2.59. The van der Waals surface area contributed by atoms with Crippen molar-refractivity contribution in [2.45, 2.75) is 44.6 Å². The first kappa shape index (κ1) is 16.3. The van der Waals surface area contributed by atoms with Crippen LogP contribution in [0.1, 0.15) is 44.1 Å². The summed E-state index contributed by atoms with van der Waals surface area (Å²) in [5.74, 6) is -0.337. The molecule has 1 aromatic carbocycles. The molecule has 5 nitrogen and oxygen atoms in total. The van der Waals surface area contributed by atoms with Crippen LogP contribution in [0, 0.1) is 5.92 Å². The van der Waals surface area contributed by atoms with Crippen molar-refractivity contribution in [2.24, 2.45) is 5.92 Å². The molecule has 2 unspecified atom stereocenters. The second-order valence-electron chi connectivity index (χ2n) is 5.81. The third-order valence-corrected chi connectivity index (χ3v) is 4.12. The van der Waals surface area contributed by atoms with Crippen LogP contribution in [0.2, 0.25) is 0 Å². The lowest BCUT2D eigenvalue weighted by atomic mass is 9.95. The van der Waals surface area contributed by atoms with Gasteiger partial charge in [0.15, 0.2) is 0 Å². The summed E-state index contributed by atoms with van der Waals surface area (Å²) < 4.78 is 5.11. The van der Waals surface area contributed by atoms with Gasteiger partial charge >= 0.3 is 5.97 Å². The van der Waals surface area contributed by atoms with E-state index in [1.807, 2.05) is 31.2 Å². The average molecular weight is 305 g/mol. The zero-order chi connectivity index (χ0) is 16.1. The fourth-order valence-electron chi connectivity index (χ4n) is 2.59. The molecule has 0 saturated heterocycles. The highest BCUT2D eigenvalue weighted by Crippen LogP contribution is 2.33. The molecule has 0 bridgehead atoms. The number of carbonyl (C=O) groups is 2. The van der Waals surface area contributed by atoms with Crippen LogP contribution in [0.4, 0.5) is 0 Å². The molecule has 2 rings (SSSR count). The van der Waals surface area contributed by atoms with Crippen LogP contribution in [-0.4, -0.2) is 30.1 Å². The van der Waals surface area contributed by atoms with E-state index in [2.05, 4.69) is 5.32 Å². The largest absolute Gasteiger partial charge is 0.497 e. The highest BCUT2D eigenvalue weighted by Gasteiger charge is 2.31. The summed E-state index contributed by atoms with van der Waals surface area (Å²) in [7, 11) is 1.59. The summed E-state index contributed by atoms with van der Waals surface area (Å²) >= 11 is 0. The highest BCUT2D eigenvalue weighted by atomic mass is 16.5. The molecule has 0 radical (unpaired) electrons. The number of benzene rings is 1. The second-order valence-corrected chi connectivity index (χ2v) is 5.81.